The predicted molar refractivity (Wildman–Crippen MR) is 98.8 cm³/mol. The van der Waals surface area contributed by atoms with E-state index in [0.29, 0.717) is 12.0 Å². The molecule has 1 fully saturated rings. The summed E-state index contributed by atoms with van der Waals surface area (Å²) in [6.45, 7) is 5.42. The molecule has 24 heavy (non-hydrogen) atoms. The van der Waals surface area contributed by atoms with Gasteiger partial charge in [-0.15, -0.1) is 0 Å². The van der Waals surface area contributed by atoms with Gasteiger partial charge in [0.15, 0.2) is 0 Å². The van der Waals surface area contributed by atoms with E-state index in [4.69, 9.17) is 4.98 Å². The first kappa shape index (κ1) is 15.5. The lowest BCUT2D eigenvalue weighted by Crippen LogP contribution is -2.31. The molecule has 2 aromatic rings. The summed E-state index contributed by atoms with van der Waals surface area (Å²) in [4.78, 5) is 7.36. The number of rotatable bonds is 4. The number of nitrogens with zero attached hydrogens (tertiary/aromatic N) is 3. The van der Waals surface area contributed by atoms with Crippen molar-refractivity contribution in [1.82, 2.24) is 14.5 Å². The van der Waals surface area contributed by atoms with E-state index in [0.717, 1.165) is 24.4 Å². The van der Waals surface area contributed by atoms with Crippen molar-refractivity contribution in [3.05, 3.63) is 60.2 Å². The second-order valence-electron chi connectivity index (χ2n) is 7.28. The molecule has 2 heterocycles. The first-order valence-electron chi connectivity index (χ1n) is 9.28. The molecule has 4 rings (SSSR count). The van der Waals surface area contributed by atoms with Crippen molar-refractivity contribution in [3.8, 4) is 0 Å². The van der Waals surface area contributed by atoms with E-state index in [1.165, 1.54) is 43.5 Å². The van der Waals surface area contributed by atoms with Crippen molar-refractivity contribution in [2.24, 2.45) is 0 Å². The summed E-state index contributed by atoms with van der Waals surface area (Å²) in [6, 6.07) is 11.4. The molecule has 0 amide bonds. The Morgan fingerprint density at radius 3 is 2.62 bits per heavy atom. The zero-order valence-corrected chi connectivity index (χ0v) is 14.6. The summed E-state index contributed by atoms with van der Waals surface area (Å²) in [6.07, 6.45) is 10.0. The Morgan fingerprint density at radius 2 is 1.88 bits per heavy atom. The van der Waals surface area contributed by atoms with Gasteiger partial charge < -0.3 is 9.47 Å². The SMILES string of the molecule is C=C(c1cn2c(n1)C(c1ccccc1)CC2)N(C)C1CCCCC1. The highest BCUT2D eigenvalue weighted by atomic mass is 15.2. The van der Waals surface area contributed by atoms with Crippen molar-refractivity contribution < 1.29 is 0 Å². The number of benzene rings is 1. The molecule has 126 valence electrons. The third kappa shape index (κ3) is 2.77. The maximum atomic E-state index is 4.99. The summed E-state index contributed by atoms with van der Waals surface area (Å²) in [5.41, 5.74) is 3.51. The minimum atomic E-state index is 0.424. The first-order valence-corrected chi connectivity index (χ1v) is 9.28. The van der Waals surface area contributed by atoms with Crippen LogP contribution in [0, 0.1) is 0 Å². The maximum absolute atomic E-state index is 4.99. The lowest BCUT2D eigenvalue weighted by Gasteiger charge is -2.33. The monoisotopic (exact) mass is 321 g/mol. The van der Waals surface area contributed by atoms with Crippen LogP contribution in [0.1, 0.15) is 61.5 Å². The second-order valence-corrected chi connectivity index (χ2v) is 7.28. The predicted octanol–water partition coefficient (Wildman–Crippen LogP) is 4.65. The number of imidazole rings is 1. The Balaban J connectivity index is 1.55. The Kier molecular flexibility index (Phi) is 4.17. The third-order valence-corrected chi connectivity index (χ3v) is 5.82. The van der Waals surface area contributed by atoms with Gasteiger partial charge >= 0.3 is 0 Å². The van der Waals surface area contributed by atoms with Crippen LogP contribution < -0.4 is 0 Å². The summed E-state index contributed by atoms with van der Waals surface area (Å²) >= 11 is 0. The van der Waals surface area contributed by atoms with E-state index in [1.54, 1.807) is 0 Å². The van der Waals surface area contributed by atoms with Crippen LogP contribution in [0.5, 0.6) is 0 Å². The fraction of sp³-hybridized carbons (Fsp3) is 0.476. The zero-order chi connectivity index (χ0) is 16.5. The molecule has 3 nitrogen and oxygen atoms in total. The summed E-state index contributed by atoms with van der Waals surface area (Å²) in [7, 11) is 2.19. The Labute approximate surface area is 145 Å². The average Bonchev–Trinajstić information content (AvgIpc) is 3.22. The van der Waals surface area contributed by atoms with Gasteiger partial charge in [-0.3, -0.25) is 0 Å². The quantitative estimate of drug-likeness (QED) is 0.817. The van der Waals surface area contributed by atoms with E-state index in [-0.39, 0.29) is 0 Å². The maximum Gasteiger partial charge on any atom is 0.117 e. The van der Waals surface area contributed by atoms with Crippen molar-refractivity contribution in [2.75, 3.05) is 7.05 Å². The van der Waals surface area contributed by atoms with Crippen LogP contribution in [-0.2, 0) is 6.54 Å². The molecule has 1 unspecified atom stereocenters. The van der Waals surface area contributed by atoms with Gasteiger partial charge in [0.2, 0.25) is 0 Å². The molecule has 0 saturated heterocycles. The molecule has 0 radical (unpaired) electrons. The molecule has 1 aromatic heterocycles. The Hall–Kier alpha value is -2.03. The van der Waals surface area contributed by atoms with E-state index in [2.05, 4.69) is 59.6 Å². The molecule has 0 spiro atoms. The molecule has 1 aliphatic heterocycles. The topological polar surface area (TPSA) is 21.1 Å². The number of aryl methyl sites for hydroxylation is 1. The summed E-state index contributed by atoms with van der Waals surface area (Å²) in [5.74, 6) is 1.63. The smallest absolute Gasteiger partial charge is 0.117 e. The molecule has 1 saturated carbocycles. The Morgan fingerprint density at radius 1 is 1.12 bits per heavy atom. The molecule has 1 aliphatic carbocycles. The van der Waals surface area contributed by atoms with Gasteiger partial charge in [-0.05, 0) is 24.8 Å². The molecule has 3 heteroatoms. The highest BCUT2D eigenvalue weighted by Gasteiger charge is 2.28. The van der Waals surface area contributed by atoms with Crippen LogP contribution in [0.25, 0.3) is 5.70 Å². The minimum absolute atomic E-state index is 0.424. The van der Waals surface area contributed by atoms with Gasteiger partial charge in [-0.1, -0.05) is 56.2 Å². The van der Waals surface area contributed by atoms with E-state index >= 15 is 0 Å². The largest absolute Gasteiger partial charge is 0.370 e. The summed E-state index contributed by atoms with van der Waals surface area (Å²) < 4.78 is 2.33. The average molecular weight is 321 g/mol. The third-order valence-electron chi connectivity index (χ3n) is 5.82. The van der Waals surface area contributed by atoms with E-state index in [9.17, 15) is 0 Å². The van der Waals surface area contributed by atoms with Crippen molar-refractivity contribution in [1.29, 1.82) is 0 Å². The van der Waals surface area contributed by atoms with Crippen molar-refractivity contribution >= 4 is 5.70 Å². The minimum Gasteiger partial charge on any atom is -0.370 e. The van der Waals surface area contributed by atoms with Gasteiger partial charge in [0, 0.05) is 31.7 Å². The zero-order valence-electron chi connectivity index (χ0n) is 14.6. The molecule has 0 N–H and O–H groups in total. The molecule has 2 aliphatic rings. The van der Waals surface area contributed by atoms with E-state index in [1.807, 2.05) is 0 Å². The summed E-state index contributed by atoms with van der Waals surface area (Å²) in [5, 5.41) is 0. The van der Waals surface area contributed by atoms with Gasteiger partial charge in [-0.2, -0.15) is 0 Å². The Bertz CT molecular complexity index is 710. The lowest BCUT2D eigenvalue weighted by atomic mass is 9.94. The van der Waals surface area contributed by atoms with E-state index < -0.39 is 0 Å². The molecule has 0 bridgehead atoms. The highest BCUT2D eigenvalue weighted by molar-refractivity contribution is 5.58. The highest BCUT2D eigenvalue weighted by Crippen LogP contribution is 2.35. The van der Waals surface area contributed by atoms with Crippen LogP contribution in [0.4, 0.5) is 0 Å². The standard InChI is InChI=1S/C21H27N3/c1-16(23(2)18-11-7-4-8-12-18)20-15-24-14-13-19(21(24)22-20)17-9-5-3-6-10-17/h3,5-6,9-10,15,18-19H,1,4,7-8,11-14H2,2H3. The number of aromatic nitrogens is 2. The molecular formula is C21H27N3. The first-order chi connectivity index (χ1) is 11.7. The van der Waals surface area contributed by atoms with Gasteiger partial charge in [0.1, 0.15) is 11.5 Å². The number of hydrogen-bond donors (Lipinski definition) is 0. The molecule has 1 aromatic carbocycles. The van der Waals surface area contributed by atoms with Crippen LogP contribution in [0.15, 0.2) is 43.1 Å². The van der Waals surface area contributed by atoms with Gasteiger partial charge in [-0.25, -0.2) is 4.98 Å². The molecular weight excluding hydrogens is 294 g/mol. The normalized spacial score (nSPS) is 20.8. The van der Waals surface area contributed by atoms with Crippen LogP contribution >= 0.6 is 0 Å². The van der Waals surface area contributed by atoms with Crippen LogP contribution in [-0.4, -0.2) is 27.5 Å². The fourth-order valence-corrected chi connectivity index (χ4v) is 4.29. The molecule has 1 atom stereocenters. The lowest BCUT2D eigenvalue weighted by molar-refractivity contribution is 0.266. The van der Waals surface area contributed by atoms with Crippen molar-refractivity contribution in [2.45, 2.75) is 57.0 Å². The van der Waals surface area contributed by atoms with Gasteiger partial charge in [0.25, 0.3) is 0 Å². The number of hydrogen-bond acceptors (Lipinski definition) is 2. The second kappa shape index (κ2) is 6.46. The fourth-order valence-electron chi connectivity index (χ4n) is 4.29. The van der Waals surface area contributed by atoms with Crippen LogP contribution in [0.2, 0.25) is 0 Å². The van der Waals surface area contributed by atoms with Crippen molar-refractivity contribution in [3.63, 3.8) is 0 Å². The van der Waals surface area contributed by atoms with Crippen LogP contribution in [0.3, 0.4) is 0 Å². The number of fused-ring (bicyclic) bond motifs is 1. The van der Waals surface area contributed by atoms with Gasteiger partial charge in [0.05, 0.1) is 5.70 Å².